The number of pyridine rings is 1. The summed E-state index contributed by atoms with van der Waals surface area (Å²) in [6.07, 6.45) is 0. The molecule has 0 aliphatic carbocycles. The molecule has 0 aliphatic rings. The number of aromatic nitrogens is 4. The molecule has 0 aliphatic heterocycles. The van der Waals surface area contributed by atoms with Gasteiger partial charge < -0.3 is 10.3 Å². The zero-order valence-electron chi connectivity index (χ0n) is 8.81. The summed E-state index contributed by atoms with van der Waals surface area (Å²) < 4.78 is 1.88. The Kier molecular flexibility index (Phi) is 3.02. The number of anilines is 1. The molecule has 0 spiro atoms. The predicted molar refractivity (Wildman–Crippen MR) is 63.5 cm³/mol. The van der Waals surface area contributed by atoms with Crippen LogP contribution in [0.4, 0.5) is 5.69 Å². The first kappa shape index (κ1) is 11.2. The van der Waals surface area contributed by atoms with E-state index in [9.17, 15) is 0 Å². The monoisotopic (exact) mass is 255 g/mol. The zero-order valence-corrected chi connectivity index (χ0v) is 10.4. The quantitative estimate of drug-likeness (QED) is 0.830. The second-order valence-corrected chi connectivity index (χ2v) is 4.63. The Morgan fingerprint density at radius 2 is 2.12 bits per heavy atom. The van der Waals surface area contributed by atoms with Gasteiger partial charge >= 0.3 is 0 Å². The number of nitrogens with two attached hydrogens (primary N) is 1. The molecular formula is C9H10ClN5S. The molecule has 16 heavy (non-hydrogen) atoms. The highest BCUT2D eigenvalue weighted by molar-refractivity contribution is 7.99. The second-order valence-electron chi connectivity index (χ2n) is 3.25. The molecule has 0 atom stereocenters. The van der Waals surface area contributed by atoms with E-state index in [1.165, 1.54) is 11.8 Å². The van der Waals surface area contributed by atoms with Gasteiger partial charge in [0.15, 0.2) is 5.16 Å². The maximum atomic E-state index is 5.81. The third kappa shape index (κ3) is 2.28. The van der Waals surface area contributed by atoms with E-state index < -0.39 is 0 Å². The van der Waals surface area contributed by atoms with Crippen molar-refractivity contribution in [2.24, 2.45) is 7.05 Å². The van der Waals surface area contributed by atoms with Crippen LogP contribution in [0.2, 0.25) is 5.15 Å². The molecule has 84 valence electrons. The number of aryl methyl sites for hydroxylation is 1. The zero-order chi connectivity index (χ0) is 11.7. The van der Waals surface area contributed by atoms with Gasteiger partial charge in [0.1, 0.15) is 16.0 Å². The average Bonchev–Trinajstić information content (AvgIpc) is 2.48. The van der Waals surface area contributed by atoms with Gasteiger partial charge in [-0.05, 0) is 30.8 Å². The summed E-state index contributed by atoms with van der Waals surface area (Å²) in [6, 6.07) is 3.36. The van der Waals surface area contributed by atoms with Crippen LogP contribution in [0.1, 0.15) is 5.82 Å². The van der Waals surface area contributed by atoms with Gasteiger partial charge in [-0.2, -0.15) is 0 Å². The van der Waals surface area contributed by atoms with Crippen molar-refractivity contribution >= 4 is 29.1 Å². The van der Waals surface area contributed by atoms with Gasteiger partial charge in [-0.3, -0.25) is 0 Å². The van der Waals surface area contributed by atoms with Crippen molar-refractivity contribution in [2.75, 3.05) is 5.73 Å². The molecule has 0 radical (unpaired) electrons. The maximum Gasteiger partial charge on any atom is 0.197 e. The van der Waals surface area contributed by atoms with Gasteiger partial charge in [0.2, 0.25) is 0 Å². The van der Waals surface area contributed by atoms with Crippen LogP contribution in [0.25, 0.3) is 0 Å². The molecule has 7 heteroatoms. The molecule has 0 bridgehead atoms. The van der Waals surface area contributed by atoms with E-state index in [-0.39, 0.29) is 0 Å². The minimum Gasteiger partial charge on any atom is -0.399 e. The van der Waals surface area contributed by atoms with Gasteiger partial charge in [-0.25, -0.2) is 4.98 Å². The van der Waals surface area contributed by atoms with E-state index >= 15 is 0 Å². The first-order valence-electron chi connectivity index (χ1n) is 4.53. The van der Waals surface area contributed by atoms with Crippen LogP contribution in [0.3, 0.4) is 0 Å². The molecule has 2 aromatic rings. The van der Waals surface area contributed by atoms with E-state index in [1.54, 1.807) is 12.1 Å². The van der Waals surface area contributed by atoms with Crippen molar-refractivity contribution in [3.8, 4) is 0 Å². The highest BCUT2D eigenvalue weighted by Crippen LogP contribution is 2.27. The maximum absolute atomic E-state index is 5.81. The Balaban J connectivity index is 2.30. The number of halogens is 1. The van der Waals surface area contributed by atoms with Crippen molar-refractivity contribution in [3.05, 3.63) is 23.1 Å². The van der Waals surface area contributed by atoms with Crippen molar-refractivity contribution in [3.63, 3.8) is 0 Å². The standard InChI is InChI=1S/C9H10ClN5S/c1-5-13-14-9(15(5)2)16-8-4-6(11)3-7(10)12-8/h3-4H,1-2H3,(H2,11,12). The summed E-state index contributed by atoms with van der Waals surface area (Å²) in [5.41, 5.74) is 6.26. The molecule has 2 rings (SSSR count). The Hall–Kier alpha value is -1.27. The highest BCUT2D eigenvalue weighted by atomic mass is 35.5. The van der Waals surface area contributed by atoms with Crippen LogP contribution < -0.4 is 5.73 Å². The number of nitrogens with zero attached hydrogens (tertiary/aromatic N) is 4. The number of hydrogen-bond acceptors (Lipinski definition) is 5. The third-order valence-corrected chi connectivity index (χ3v) is 3.19. The van der Waals surface area contributed by atoms with Crippen molar-refractivity contribution in [2.45, 2.75) is 17.1 Å². The minimum absolute atomic E-state index is 0.376. The summed E-state index contributed by atoms with van der Waals surface area (Å²) in [7, 11) is 1.89. The summed E-state index contributed by atoms with van der Waals surface area (Å²) in [5.74, 6) is 0.845. The van der Waals surface area contributed by atoms with Crippen LogP contribution in [0.5, 0.6) is 0 Å². The van der Waals surface area contributed by atoms with E-state index in [4.69, 9.17) is 17.3 Å². The Bertz CT molecular complexity index is 504. The van der Waals surface area contributed by atoms with E-state index in [1.807, 2.05) is 18.5 Å². The molecule has 0 aromatic carbocycles. The van der Waals surface area contributed by atoms with E-state index in [0.29, 0.717) is 15.9 Å². The number of nitrogen functional groups attached to an aromatic ring is 1. The lowest BCUT2D eigenvalue weighted by molar-refractivity contribution is 0.764. The van der Waals surface area contributed by atoms with Crippen LogP contribution in [0.15, 0.2) is 22.3 Å². The van der Waals surface area contributed by atoms with Crippen molar-refractivity contribution in [1.82, 2.24) is 19.7 Å². The summed E-state index contributed by atoms with van der Waals surface area (Å²) in [4.78, 5) is 4.15. The van der Waals surface area contributed by atoms with Crippen LogP contribution in [-0.4, -0.2) is 19.7 Å². The lowest BCUT2D eigenvalue weighted by Gasteiger charge is -2.02. The van der Waals surface area contributed by atoms with Gasteiger partial charge in [0, 0.05) is 12.7 Å². The molecule has 2 aromatic heterocycles. The Labute approximate surface area is 102 Å². The fourth-order valence-corrected chi connectivity index (χ4v) is 2.26. The topological polar surface area (TPSA) is 69.6 Å². The molecule has 0 saturated carbocycles. The van der Waals surface area contributed by atoms with Crippen molar-refractivity contribution < 1.29 is 0 Å². The molecule has 0 fully saturated rings. The molecular weight excluding hydrogens is 246 g/mol. The molecule has 0 saturated heterocycles. The SMILES string of the molecule is Cc1nnc(Sc2cc(N)cc(Cl)n2)n1C. The van der Waals surface area contributed by atoms with Crippen LogP contribution in [0, 0.1) is 6.92 Å². The first-order valence-corrected chi connectivity index (χ1v) is 5.72. The van der Waals surface area contributed by atoms with Gasteiger partial charge in [0.25, 0.3) is 0 Å². The van der Waals surface area contributed by atoms with Crippen LogP contribution in [-0.2, 0) is 7.05 Å². The molecule has 2 heterocycles. The largest absolute Gasteiger partial charge is 0.399 e. The first-order chi connectivity index (χ1) is 7.56. The highest BCUT2D eigenvalue weighted by Gasteiger charge is 2.08. The summed E-state index contributed by atoms with van der Waals surface area (Å²) in [6.45, 7) is 1.89. The Morgan fingerprint density at radius 1 is 1.38 bits per heavy atom. The normalized spacial score (nSPS) is 10.7. The molecule has 5 nitrogen and oxygen atoms in total. The van der Waals surface area contributed by atoms with Crippen LogP contribution >= 0.6 is 23.4 Å². The Morgan fingerprint density at radius 3 is 2.69 bits per heavy atom. The fraction of sp³-hybridized carbons (Fsp3) is 0.222. The summed E-state index contributed by atoms with van der Waals surface area (Å²) >= 11 is 7.19. The van der Waals surface area contributed by atoms with Crippen molar-refractivity contribution in [1.29, 1.82) is 0 Å². The fourth-order valence-electron chi connectivity index (χ4n) is 1.11. The second kappa shape index (κ2) is 4.31. The van der Waals surface area contributed by atoms with Gasteiger partial charge in [-0.15, -0.1) is 10.2 Å². The number of hydrogen-bond donors (Lipinski definition) is 1. The lowest BCUT2D eigenvalue weighted by atomic mass is 10.4. The van der Waals surface area contributed by atoms with E-state index in [2.05, 4.69) is 15.2 Å². The molecule has 2 N–H and O–H groups in total. The summed E-state index contributed by atoms with van der Waals surface area (Å²) in [5, 5.41) is 9.82. The lowest BCUT2D eigenvalue weighted by Crippen LogP contribution is -1.94. The average molecular weight is 256 g/mol. The van der Waals surface area contributed by atoms with Gasteiger partial charge in [0.05, 0.1) is 0 Å². The molecule has 0 amide bonds. The van der Waals surface area contributed by atoms with Gasteiger partial charge in [-0.1, -0.05) is 11.6 Å². The predicted octanol–water partition coefficient (Wildman–Crippen LogP) is 1.91. The minimum atomic E-state index is 0.376. The third-order valence-electron chi connectivity index (χ3n) is 2.04. The number of rotatable bonds is 2. The smallest absolute Gasteiger partial charge is 0.197 e. The molecule has 0 unspecified atom stereocenters. The van der Waals surface area contributed by atoms with E-state index in [0.717, 1.165) is 11.0 Å².